The molecule has 7 heteroatoms. The third-order valence-electron chi connectivity index (χ3n) is 4.15. The molecule has 142 valence electrons. The number of halogens is 3. The van der Waals surface area contributed by atoms with Crippen molar-refractivity contribution in [3.63, 3.8) is 0 Å². The van der Waals surface area contributed by atoms with E-state index in [1.54, 1.807) is 54.9 Å². The fourth-order valence-electron chi connectivity index (χ4n) is 2.74. The van der Waals surface area contributed by atoms with Crippen LogP contribution in [0.25, 0.3) is 5.69 Å². The highest BCUT2D eigenvalue weighted by Gasteiger charge is 2.23. The molecule has 3 rings (SSSR count). The third kappa shape index (κ3) is 4.26. The molecule has 0 atom stereocenters. The van der Waals surface area contributed by atoms with Crippen LogP contribution >= 0.6 is 23.2 Å². The average molecular weight is 409 g/mol. The van der Waals surface area contributed by atoms with Crippen molar-refractivity contribution in [3.05, 3.63) is 75.3 Å². The number of methoxy groups -OCH3 is 1. The van der Waals surface area contributed by atoms with Gasteiger partial charge in [0.25, 0.3) is 0 Å². The van der Waals surface area contributed by atoms with Crippen molar-refractivity contribution in [2.24, 2.45) is 0 Å². The van der Waals surface area contributed by atoms with Gasteiger partial charge < -0.3 is 9.84 Å². The normalized spacial score (nSPS) is 11.7. The molecular weight excluding hydrogens is 390 g/mol. The minimum Gasteiger partial charge on any atom is -0.494 e. The van der Waals surface area contributed by atoms with E-state index in [0.717, 1.165) is 11.3 Å². The smallest absolute Gasteiger partial charge is 0.165 e. The molecule has 0 bridgehead atoms. The Bertz CT molecular complexity index is 981. The third-order valence-corrected chi connectivity index (χ3v) is 4.69. The van der Waals surface area contributed by atoms with Crippen LogP contribution in [0.1, 0.15) is 30.8 Å². The van der Waals surface area contributed by atoms with Gasteiger partial charge >= 0.3 is 0 Å². The van der Waals surface area contributed by atoms with E-state index in [-0.39, 0.29) is 5.75 Å². The van der Waals surface area contributed by atoms with Crippen molar-refractivity contribution in [3.8, 4) is 11.4 Å². The lowest BCUT2D eigenvalue weighted by Crippen LogP contribution is -2.16. The molecule has 1 heterocycles. The van der Waals surface area contributed by atoms with Crippen molar-refractivity contribution in [1.82, 2.24) is 9.78 Å². The monoisotopic (exact) mass is 408 g/mol. The summed E-state index contributed by atoms with van der Waals surface area (Å²) >= 11 is 12.3. The topological polar surface area (TPSA) is 47.3 Å². The predicted octanol–water partition coefficient (Wildman–Crippen LogP) is 5.15. The maximum Gasteiger partial charge on any atom is 0.165 e. The summed E-state index contributed by atoms with van der Waals surface area (Å²) < 4.78 is 20.7. The second kappa shape index (κ2) is 7.50. The molecule has 0 unspecified atom stereocenters. The lowest BCUT2D eigenvalue weighted by atomic mass is 10.0. The molecule has 0 aliphatic rings. The molecule has 0 fully saturated rings. The molecule has 0 aliphatic heterocycles. The fraction of sp³-hybridized carbons (Fsp3) is 0.250. The Balaban J connectivity index is 2.08. The van der Waals surface area contributed by atoms with Crippen LogP contribution in [-0.4, -0.2) is 22.0 Å². The lowest BCUT2D eigenvalue weighted by Gasteiger charge is -2.13. The van der Waals surface area contributed by atoms with Gasteiger partial charge in [-0.2, -0.15) is 5.10 Å². The molecule has 3 aromatic rings. The molecule has 27 heavy (non-hydrogen) atoms. The average Bonchev–Trinajstić information content (AvgIpc) is 2.99. The highest BCUT2D eigenvalue weighted by atomic mass is 35.5. The van der Waals surface area contributed by atoms with Crippen LogP contribution in [0.3, 0.4) is 0 Å². The zero-order chi connectivity index (χ0) is 19.8. The summed E-state index contributed by atoms with van der Waals surface area (Å²) in [6.45, 7) is 3.31. The SMILES string of the molecule is COc1ccc(Cc2cc(C(C)(C)O)nn2-c2ccc(Cl)cc2Cl)cc1F. The molecular formula is C20H19Cl2FN2O2. The summed E-state index contributed by atoms with van der Waals surface area (Å²) in [4.78, 5) is 0. The minimum absolute atomic E-state index is 0.185. The summed E-state index contributed by atoms with van der Waals surface area (Å²) in [6.07, 6.45) is 0.392. The summed E-state index contributed by atoms with van der Waals surface area (Å²) in [5, 5.41) is 15.8. The van der Waals surface area contributed by atoms with Crippen molar-refractivity contribution in [2.75, 3.05) is 7.11 Å². The maximum absolute atomic E-state index is 14.1. The predicted molar refractivity (Wildman–Crippen MR) is 105 cm³/mol. The van der Waals surface area contributed by atoms with Crippen LogP contribution in [-0.2, 0) is 12.0 Å². The van der Waals surface area contributed by atoms with E-state index in [0.29, 0.717) is 27.8 Å². The molecule has 0 spiro atoms. The quantitative estimate of drug-likeness (QED) is 0.635. The van der Waals surface area contributed by atoms with E-state index in [2.05, 4.69) is 5.10 Å². The van der Waals surface area contributed by atoms with Gasteiger partial charge in [0, 0.05) is 17.1 Å². The van der Waals surface area contributed by atoms with Gasteiger partial charge in [-0.05, 0) is 55.8 Å². The summed E-state index contributed by atoms with van der Waals surface area (Å²) in [5.74, 6) is -0.251. The standard InChI is InChI=1S/C20H19Cl2FN2O2/c1-20(2,26)19-11-14(8-12-4-7-18(27-3)16(23)9-12)25(24-19)17-6-5-13(21)10-15(17)22/h4-7,9-11,26H,8H2,1-3H3. The van der Waals surface area contributed by atoms with Crippen LogP contribution in [0.15, 0.2) is 42.5 Å². The van der Waals surface area contributed by atoms with Gasteiger partial charge in [0.15, 0.2) is 11.6 Å². The van der Waals surface area contributed by atoms with Crippen LogP contribution < -0.4 is 4.74 Å². The van der Waals surface area contributed by atoms with Crippen molar-refractivity contribution < 1.29 is 14.2 Å². The molecule has 0 radical (unpaired) electrons. The molecule has 4 nitrogen and oxygen atoms in total. The number of hydrogen-bond acceptors (Lipinski definition) is 3. The number of ether oxygens (including phenoxy) is 1. The number of aromatic nitrogens is 2. The van der Waals surface area contributed by atoms with E-state index in [1.807, 2.05) is 0 Å². The van der Waals surface area contributed by atoms with Crippen molar-refractivity contribution in [1.29, 1.82) is 0 Å². The molecule has 1 N–H and O–H groups in total. The van der Waals surface area contributed by atoms with Crippen LogP contribution in [0.4, 0.5) is 4.39 Å². The molecule has 1 aromatic heterocycles. The zero-order valence-corrected chi connectivity index (χ0v) is 16.6. The molecule has 2 aromatic carbocycles. The highest BCUT2D eigenvalue weighted by molar-refractivity contribution is 6.35. The first-order chi connectivity index (χ1) is 12.7. The summed E-state index contributed by atoms with van der Waals surface area (Å²) in [7, 11) is 1.42. The number of rotatable bonds is 5. The van der Waals surface area contributed by atoms with Gasteiger partial charge in [-0.15, -0.1) is 0 Å². The molecule has 0 saturated carbocycles. The van der Waals surface area contributed by atoms with E-state index < -0.39 is 11.4 Å². The fourth-order valence-corrected chi connectivity index (χ4v) is 3.22. The van der Waals surface area contributed by atoms with Gasteiger partial charge in [-0.3, -0.25) is 0 Å². The zero-order valence-electron chi connectivity index (χ0n) is 15.1. The Kier molecular flexibility index (Phi) is 5.47. The van der Waals surface area contributed by atoms with Crippen LogP contribution in [0.2, 0.25) is 10.0 Å². The number of aliphatic hydroxyl groups is 1. The largest absolute Gasteiger partial charge is 0.494 e. The Morgan fingerprint density at radius 3 is 2.48 bits per heavy atom. The lowest BCUT2D eigenvalue weighted by molar-refractivity contribution is 0.0734. The van der Waals surface area contributed by atoms with Gasteiger partial charge in [-0.1, -0.05) is 29.3 Å². The maximum atomic E-state index is 14.1. The van der Waals surface area contributed by atoms with Gasteiger partial charge in [0.05, 0.1) is 23.5 Å². The second-order valence-electron chi connectivity index (χ2n) is 6.73. The molecule has 0 saturated heterocycles. The van der Waals surface area contributed by atoms with Gasteiger partial charge in [-0.25, -0.2) is 9.07 Å². The Hall–Kier alpha value is -2.08. The second-order valence-corrected chi connectivity index (χ2v) is 7.58. The van der Waals surface area contributed by atoms with E-state index >= 15 is 0 Å². The Morgan fingerprint density at radius 1 is 1.15 bits per heavy atom. The first-order valence-corrected chi connectivity index (χ1v) is 9.04. The Morgan fingerprint density at radius 2 is 1.89 bits per heavy atom. The van der Waals surface area contributed by atoms with E-state index in [1.165, 1.54) is 13.2 Å². The van der Waals surface area contributed by atoms with Crippen molar-refractivity contribution >= 4 is 23.2 Å². The molecule has 0 amide bonds. The first kappa shape index (κ1) is 19.7. The van der Waals surface area contributed by atoms with E-state index in [4.69, 9.17) is 27.9 Å². The summed E-state index contributed by atoms with van der Waals surface area (Å²) in [6, 6.07) is 11.7. The van der Waals surface area contributed by atoms with Gasteiger partial charge in [0.1, 0.15) is 5.60 Å². The highest BCUT2D eigenvalue weighted by Crippen LogP contribution is 2.29. The van der Waals surface area contributed by atoms with Gasteiger partial charge in [0.2, 0.25) is 0 Å². The van der Waals surface area contributed by atoms with Crippen molar-refractivity contribution in [2.45, 2.75) is 25.9 Å². The first-order valence-electron chi connectivity index (χ1n) is 8.28. The van der Waals surface area contributed by atoms with Crippen LogP contribution in [0, 0.1) is 5.82 Å². The summed E-state index contributed by atoms with van der Waals surface area (Å²) in [5.41, 5.74) is 1.46. The number of nitrogens with zero attached hydrogens (tertiary/aromatic N) is 2. The minimum atomic E-state index is -1.13. The molecule has 0 aliphatic carbocycles. The number of hydrogen-bond donors (Lipinski definition) is 1. The number of benzene rings is 2. The Labute approximate surface area is 167 Å². The van der Waals surface area contributed by atoms with E-state index in [9.17, 15) is 9.50 Å². The van der Waals surface area contributed by atoms with Crippen LogP contribution in [0.5, 0.6) is 5.75 Å².